The van der Waals surface area contributed by atoms with Gasteiger partial charge in [0.15, 0.2) is 5.60 Å². The Morgan fingerprint density at radius 3 is 2.30 bits per heavy atom. The molecular weight excluding hydrogens is 552 g/mol. The summed E-state index contributed by atoms with van der Waals surface area (Å²) in [5, 5.41) is 11.4. The van der Waals surface area contributed by atoms with E-state index < -0.39 is 63.0 Å². The molecular formula is C28H26F4N2O5S. The van der Waals surface area contributed by atoms with Gasteiger partial charge in [-0.1, -0.05) is 13.8 Å². The number of alkyl halides is 3. The zero-order chi connectivity index (χ0) is 29.7. The lowest BCUT2D eigenvalue weighted by molar-refractivity contribution is -0.193. The molecule has 0 unspecified atom stereocenters. The molecule has 1 heterocycles. The molecule has 1 aliphatic heterocycles. The second kappa shape index (κ2) is 9.80. The van der Waals surface area contributed by atoms with Gasteiger partial charge in [0.25, 0.3) is 5.91 Å². The summed E-state index contributed by atoms with van der Waals surface area (Å²) in [6.45, 7) is 6.43. The highest BCUT2D eigenvalue weighted by atomic mass is 32.2. The van der Waals surface area contributed by atoms with E-state index >= 15 is 0 Å². The number of halogens is 4. The van der Waals surface area contributed by atoms with Crippen LogP contribution < -0.4 is 5.32 Å². The third-order valence-electron chi connectivity index (χ3n) is 8.24. The van der Waals surface area contributed by atoms with Gasteiger partial charge in [-0.05, 0) is 69.2 Å². The maximum absolute atomic E-state index is 13.7. The molecule has 1 N–H and O–H groups in total. The summed E-state index contributed by atoms with van der Waals surface area (Å²) < 4.78 is 65.2. The summed E-state index contributed by atoms with van der Waals surface area (Å²) in [6, 6.07) is 9.47. The maximum atomic E-state index is 13.7. The van der Waals surface area contributed by atoms with Crippen molar-refractivity contribution >= 4 is 35.3 Å². The average Bonchev–Trinajstić information content (AvgIpc) is 3.18. The van der Waals surface area contributed by atoms with Gasteiger partial charge in [0.2, 0.25) is 5.60 Å². The number of hydrogen-bond donors (Lipinski definition) is 1. The number of amides is 1. The maximum Gasteiger partial charge on any atom is 0.417 e. The van der Waals surface area contributed by atoms with Gasteiger partial charge in [0.1, 0.15) is 5.82 Å². The summed E-state index contributed by atoms with van der Waals surface area (Å²) in [4.78, 5) is 40.5. The lowest BCUT2D eigenvalue weighted by atomic mass is 9.66. The van der Waals surface area contributed by atoms with E-state index in [1.807, 2.05) is 0 Å². The molecule has 4 rings (SSSR count). The Morgan fingerprint density at radius 2 is 1.77 bits per heavy atom. The van der Waals surface area contributed by atoms with Crippen LogP contribution in [0, 0.1) is 28.0 Å². The van der Waals surface area contributed by atoms with Crippen molar-refractivity contribution in [3.8, 4) is 6.07 Å². The number of nitriles is 1. The number of thioether (sulfide) groups is 1. The van der Waals surface area contributed by atoms with E-state index in [1.54, 1.807) is 20.8 Å². The first-order valence-electron chi connectivity index (χ1n) is 12.3. The van der Waals surface area contributed by atoms with Gasteiger partial charge in [0.05, 0.1) is 22.6 Å². The summed E-state index contributed by atoms with van der Waals surface area (Å²) in [6.07, 6.45) is -4.31. The highest BCUT2D eigenvalue weighted by molar-refractivity contribution is 7.99. The Balaban J connectivity index is 1.66. The highest BCUT2D eigenvalue weighted by Crippen LogP contribution is 2.66. The highest BCUT2D eigenvalue weighted by Gasteiger charge is 2.77. The molecule has 2 fully saturated rings. The average molecular weight is 579 g/mol. The summed E-state index contributed by atoms with van der Waals surface area (Å²) in [5.74, 6) is -3.13. The number of esters is 2. The molecule has 7 nitrogen and oxygen atoms in total. The topological polar surface area (TPSA) is 105 Å². The van der Waals surface area contributed by atoms with Crippen LogP contribution in [0.15, 0.2) is 47.4 Å². The van der Waals surface area contributed by atoms with Crippen molar-refractivity contribution in [2.24, 2.45) is 10.8 Å². The van der Waals surface area contributed by atoms with Crippen molar-refractivity contribution in [1.82, 2.24) is 0 Å². The summed E-state index contributed by atoms with van der Waals surface area (Å²) in [7, 11) is 0. The molecule has 0 spiro atoms. The monoisotopic (exact) mass is 578 g/mol. The van der Waals surface area contributed by atoms with Crippen LogP contribution in [0.4, 0.5) is 23.2 Å². The lowest BCUT2D eigenvalue weighted by Gasteiger charge is -2.37. The van der Waals surface area contributed by atoms with Crippen LogP contribution in [0.5, 0.6) is 0 Å². The van der Waals surface area contributed by atoms with E-state index in [2.05, 4.69) is 5.32 Å². The van der Waals surface area contributed by atoms with E-state index in [4.69, 9.17) is 14.7 Å². The Morgan fingerprint density at radius 1 is 1.12 bits per heavy atom. The molecule has 40 heavy (non-hydrogen) atoms. The van der Waals surface area contributed by atoms with Crippen LogP contribution in [0.3, 0.4) is 0 Å². The number of fused-ring (bicyclic) bond motifs is 2. The summed E-state index contributed by atoms with van der Waals surface area (Å²) in [5.41, 5.74) is -7.67. The molecule has 2 aliphatic rings. The van der Waals surface area contributed by atoms with Gasteiger partial charge >= 0.3 is 18.1 Å². The molecule has 1 amide bonds. The van der Waals surface area contributed by atoms with E-state index in [0.717, 1.165) is 23.9 Å². The predicted octanol–water partition coefficient (Wildman–Crippen LogP) is 5.87. The normalized spacial score (nSPS) is 24.5. The molecule has 1 aliphatic carbocycles. The van der Waals surface area contributed by atoms with Crippen LogP contribution in [-0.4, -0.2) is 34.8 Å². The molecule has 3 atom stereocenters. The van der Waals surface area contributed by atoms with Gasteiger partial charge in [-0.2, -0.15) is 18.4 Å². The van der Waals surface area contributed by atoms with E-state index in [0.29, 0.717) is 17.4 Å². The first-order valence-corrected chi connectivity index (χ1v) is 13.3. The Kier molecular flexibility index (Phi) is 7.20. The Bertz CT molecular complexity index is 1420. The van der Waals surface area contributed by atoms with E-state index in [-0.39, 0.29) is 17.9 Å². The molecule has 0 radical (unpaired) electrons. The number of nitrogens with one attached hydrogen (secondary N) is 1. The Labute approximate surface area is 232 Å². The minimum Gasteiger partial charge on any atom is -0.446 e. The minimum absolute atomic E-state index is 0.175. The summed E-state index contributed by atoms with van der Waals surface area (Å²) >= 11 is 1.05. The SMILES string of the molecule is CC1(C)[C@@]2(C(=O)O[C@@](C)(CSc3ccc(F)cc3)C(=O)Nc3ccc(C#N)c(C(F)(F)F)c3)CC[C@]1(C)C(=O)O2. The van der Waals surface area contributed by atoms with Crippen LogP contribution in [0.1, 0.15) is 51.7 Å². The largest absolute Gasteiger partial charge is 0.446 e. The first-order chi connectivity index (χ1) is 18.5. The molecule has 1 saturated carbocycles. The van der Waals surface area contributed by atoms with Gasteiger partial charge in [-0.15, -0.1) is 11.8 Å². The van der Waals surface area contributed by atoms with Crippen molar-refractivity contribution in [3.63, 3.8) is 0 Å². The number of hydrogen-bond acceptors (Lipinski definition) is 7. The second-order valence-corrected chi connectivity index (χ2v) is 11.9. The van der Waals surface area contributed by atoms with Crippen molar-refractivity contribution < 1.29 is 41.4 Å². The standard InChI is InChI=1S/C28H26F4N2O5S/c1-24(2)25(3)11-12-27(24,39-22(25)36)23(37)38-26(4,15-40-19-9-6-17(29)7-10-19)21(35)34-18-8-5-16(14-33)20(13-18)28(30,31)32/h5-10,13H,11-12,15H2,1-4H3,(H,34,35)/t25-,26+,27+/m1/s1. The van der Waals surface area contributed by atoms with E-state index in [9.17, 15) is 31.9 Å². The van der Waals surface area contributed by atoms with Crippen molar-refractivity contribution in [3.05, 3.63) is 59.4 Å². The Hall–Kier alpha value is -3.59. The van der Waals surface area contributed by atoms with Crippen LogP contribution in [-0.2, 0) is 30.0 Å². The van der Waals surface area contributed by atoms with Crippen molar-refractivity contribution in [2.75, 3.05) is 11.1 Å². The van der Waals surface area contributed by atoms with Crippen molar-refractivity contribution in [2.45, 2.75) is 62.8 Å². The zero-order valence-corrected chi connectivity index (χ0v) is 22.9. The molecule has 2 aromatic rings. The minimum atomic E-state index is -4.85. The van der Waals surface area contributed by atoms with Crippen LogP contribution >= 0.6 is 11.8 Å². The number of rotatable bonds is 7. The van der Waals surface area contributed by atoms with Crippen LogP contribution in [0.2, 0.25) is 0 Å². The quantitative estimate of drug-likeness (QED) is 0.249. The molecule has 1 saturated heterocycles. The number of anilines is 1. The predicted molar refractivity (Wildman–Crippen MR) is 136 cm³/mol. The first kappa shape index (κ1) is 29.4. The zero-order valence-electron chi connectivity index (χ0n) is 22.1. The number of ether oxygens (including phenoxy) is 2. The number of carbonyl (C=O) groups excluding carboxylic acids is 3. The number of nitrogens with zero attached hydrogens (tertiary/aromatic N) is 1. The fourth-order valence-electron chi connectivity index (χ4n) is 5.10. The van der Waals surface area contributed by atoms with Crippen molar-refractivity contribution in [1.29, 1.82) is 5.26 Å². The lowest BCUT2D eigenvalue weighted by Crippen LogP contribution is -2.55. The van der Waals surface area contributed by atoms with Gasteiger partial charge in [-0.3, -0.25) is 9.59 Å². The van der Waals surface area contributed by atoms with Crippen LogP contribution in [0.25, 0.3) is 0 Å². The molecule has 0 aromatic heterocycles. The fourth-order valence-corrected chi connectivity index (χ4v) is 6.06. The third kappa shape index (κ3) is 4.70. The molecule has 212 valence electrons. The second-order valence-electron chi connectivity index (χ2n) is 10.9. The van der Waals surface area contributed by atoms with Gasteiger partial charge in [-0.25, -0.2) is 9.18 Å². The fraction of sp³-hybridized carbons (Fsp3) is 0.429. The molecule has 2 bridgehead atoms. The van der Waals surface area contributed by atoms with Gasteiger partial charge in [0, 0.05) is 21.8 Å². The molecule has 2 aromatic carbocycles. The number of benzene rings is 2. The molecule has 12 heteroatoms. The third-order valence-corrected chi connectivity index (χ3v) is 9.54. The number of carbonyl (C=O) groups is 3. The smallest absolute Gasteiger partial charge is 0.417 e. The van der Waals surface area contributed by atoms with Gasteiger partial charge < -0.3 is 14.8 Å². The van der Waals surface area contributed by atoms with E-state index in [1.165, 1.54) is 37.3 Å².